The number of hydrogen-bond acceptors (Lipinski definition) is 4. The molecule has 0 saturated heterocycles. The predicted molar refractivity (Wildman–Crippen MR) is 112 cm³/mol. The van der Waals surface area contributed by atoms with Gasteiger partial charge in [0.25, 0.3) is 0 Å². The molecule has 5 nitrogen and oxygen atoms in total. The van der Waals surface area contributed by atoms with Crippen molar-refractivity contribution in [1.82, 2.24) is 4.90 Å². The molecule has 2 rings (SSSR count). The van der Waals surface area contributed by atoms with Gasteiger partial charge in [0.05, 0.1) is 6.26 Å². The number of sulfonamides is 1. The molecule has 2 aromatic carbocycles. The number of likely N-dealkylation sites (N-methyl/N-ethyl adjacent to an activating group) is 1. The molecule has 0 amide bonds. The summed E-state index contributed by atoms with van der Waals surface area (Å²) in [6, 6.07) is 14.0. The number of benzene rings is 2. The Hall–Kier alpha value is -2.05. The third-order valence-corrected chi connectivity index (χ3v) is 5.25. The molecular weight excluding hydrogens is 360 g/mol. The quantitative estimate of drug-likeness (QED) is 0.710. The summed E-state index contributed by atoms with van der Waals surface area (Å²) >= 11 is 0. The average molecular weight is 391 g/mol. The predicted octanol–water partition coefficient (Wildman–Crippen LogP) is 3.62. The van der Waals surface area contributed by atoms with Crippen molar-refractivity contribution in [2.75, 3.05) is 31.2 Å². The second-order valence-electron chi connectivity index (χ2n) is 7.18. The van der Waals surface area contributed by atoms with Crippen LogP contribution in [-0.4, -0.2) is 45.8 Å². The molecule has 0 unspecified atom stereocenters. The van der Waals surface area contributed by atoms with Crippen molar-refractivity contribution in [2.45, 2.75) is 33.2 Å². The lowest BCUT2D eigenvalue weighted by Crippen LogP contribution is -2.35. The van der Waals surface area contributed by atoms with Gasteiger partial charge in [-0.3, -0.25) is 9.62 Å². The number of rotatable bonds is 9. The van der Waals surface area contributed by atoms with Crippen LogP contribution in [0.3, 0.4) is 0 Å². The highest BCUT2D eigenvalue weighted by Crippen LogP contribution is 2.22. The van der Waals surface area contributed by atoms with E-state index in [1.165, 1.54) is 5.56 Å². The lowest BCUT2D eigenvalue weighted by molar-refractivity contribution is 0.173. The van der Waals surface area contributed by atoms with Crippen LogP contribution in [0.25, 0.3) is 0 Å². The van der Waals surface area contributed by atoms with E-state index in [-0.39, 0.29) is 6.04 Å². The van der Waals surface area contributed by atoms with Crippen LogP contribution in [0.4, 0.5) is 5.69 Å². The zero-order valence-corrected chi connectivity index (χ0v) is 17.6. The smallest absolute Gasteiger partial charge is 0.229 e. The van der Waals surface area contributed by atoms with Crippen LogP contribution in [-0.2, 0) is 16.4 Å². The zero-order chi connectivity index (χ0) is 20.0. The molecule has 0 fully saturated rings. The number of hydrogen-bond donors (Lipinski definition) is 1. The number of aryl methyl sites for hydroxylation is 2. The lowest BCUT2D eigenvalue weighted by Gasteiger charge is -2.25. The van der Waals surface area contributed by atoms with Gasteiger partial charge in [-0.15, -0.1) is 0 Å². The Balaban J connectivity index is 1.83. The van der Waals surface area contributed by atoms with Gasteiger partial charge >= 0.3 is 0 Å². The first kappa shape index (κ1) is 21.3. The first-order chi connectivity index (χ1) is 12.7. The number of nitrogens with one attached hydrogen (secondary N) is 1. The maximum Gasteiger partial charge on any atom is 0.229 e. The SMILES string of the molecule is Cc1cccc(C)c1OC[C@@H](C)N(C)CCc1ccc(NS(C)(=O)=O)cc1. The molecule has 6 heteroatoms. The van der Waals surface area contributed by atoms with E-state index in [2.05, 4.69) is 49.6 Å². The van der Waals surface area contributed by atoms with Crippen molar-refractivity contribution in [3.05, 3.63) is 59.2 Å². The Morgan fingerprint density at radius 1 is 1.07 bits per heavy atom. The van der Waals surface area contributed by atoms with Crippen LogP contribution in [0, 0.1) is 13.8 Å². The van der Waals surface area contributed by atoms with Gasteiger partial charge in [0.2, 0.25) is 10.0 Å². The third-order valence-electron chi connectivity index (χ3n) is 4.64. The van der Waals surface area contributed by atoms with E-state index in [0.29, 0.717) is 12.3 Å². The van der Waals surface area contributed by atoms with Gasteiger partial charge in [-0.05, 0) is 63.1 Å². The zero-order valence-electron chi connectivity index (χ0n) is 16.8. The van der Waals surface area contributed by atoms with E-state index in [4.69, 9.17) is 4.74 Å². The second-order valence-corrected chi connectivity index (χ2v) is 8.93. The monoisotopic (exact) mass is 390 g/mol. The molecule has 2 aromatic rings. The molecule has 0 bridgehead atoms. The molecule has 0 aromatic heterocycles. The van der Waals surface area contributed by atoms with E-state index in [9.17, 15) is 8.42 Å². The summed E-state index contributed by atoms with van der Waals surface area (Å²) in [6.45, 7) is 7.83. The molecule has 0 aliphatic rings. The molecule has 148 valence electrons. The number of ether oxygens (including phenoxy) is 1. The van der Waals surface area contributed by atoms with Crippen LogP contribution in [0.2, 0.25) is 0 Å². The minimum Gasteiger partial charge on any atom is -0.491 e. The number of nitrogens with zero attached hydrogens (tertiary/aromatic N) is 1. The fraction of sp³-hybridized carbons (Fsp3) is 0.429. The van der Waals surface area contributed by atoms with Crippen molar-refractivity contribution in [1.29, 1.82) is 0 Å². The highest BCUT2D eigenvalue weighted by atomic mass is 32.2. The van der Waals surface area contributed by atoms with Gasteiger partial charge in [0.1, 0.15) is 12.4 Å². The summed E-state index contributed by atoms with van der Waals surface area (Å²) in [5, 5.41) is 0. The van der Waals surface area contributed by atoms with Gasteiger partial charge in [-0.2, -0.15) is 0 Å². The Morgan fingerprint density at radius 2 is 1.67 bits per heavy atom. The van der Waals surface area contributed by atoms with E-state index in [1.54, 1.807) is 12.1 Å². The first-order valence-electron chi connectivity index (χ1n) is 9.11. The molecule has 0 radical (unpaired) electrons. The van der Waals surface area contributed by atoms with Gasteiger partial charge in [0.15, 0.2) is 0 Å². The molecular formula is C21H30N2O3S. The Bertz CT molecular complexity index is 828. The highest BCUT2D eigenvalue weighted by molar-refractivity contribution is 7.92. The number of para-hydroxylation sites is 1. The fourth-order valence-electron chi connectivity index (χ4n) is 2.84. The summed E-state index contributed by atoms with van der Waals surface area (Å²) in [4.78, 5) is 2.27. The minimum absolute atomic E-state index is 0.287. The summed E-state index contributed by atoms with van der Waals surface area (Å²) in [7, 11) is -1.14. The normalized spacial score (nSPS) is 12.8. The average Bonchev–Trinajstić information content (AvgIpc) is 2.59. The van der Waals surface area contributed by atoms with Crippen LogP contribution in [0.1, 0.15) is 23.6 Å². The summed E-state index contributed by atoms with van der Waals surface area (Å²) in [5.41, 5.74) is 4.08. The lowest BCUT2D eigenvalue weighted by atomic mass is 10.1. The summed E-state index contributed by atoms with van der Waals surface area (Å²) < 4.78 is 31.0. The summed E-state index contributed by atoms with van der Waals surface area (Å²) in [5.74, 6) is 0.978. The minimum atomic E-state index is -3.23. The van der Waals surface area contributed by atoms with Gasteiger partial charge in [-0.1, -0.05) is 30.3 Å². The van der Waals surface area contributed by atoms with Crippen molar-refractivity contribution >= 4 is 15.7 Å². The Kier molecular flexibility index (Phi) is 7.27. The maximum atomic E-state index is 11.3. The van der Waals surface area contributed by atoms with Crippen molar-refractivity contribution in [3.8, 4) is 5.75 Å². The van der Waals surface area contributed by atoms with E-state index in [0.717, 1.165) is 36.1 Å². The molecule has 0 spiro atoms. The fourth-order valence-corrected chi connectivity index (χ4v) is 3.40. The van der Waals surface area contributed by atoms with E-state index < -0.39 is 10.0 Å². The standard InChI is InChI=1S/C21H30N2O3S/c1-16-7-6-8-17(2)21(16)26-15-18(3)23(4)14-13-19-9-11-20(12-10-19)22-27(5,24)25/h6-12,18,22H,13-15H2,1-5H3/t18-/m1/s1. The molecule has 27 heavy (non-hydrogen) atoms. The first-order valence-corrected chi connectivity index (χ1v) is 11.0. The molecule has 0 saturated carbocycles. The molecule has 1 atom stereocenters. The summed E-state index contributed by atoms with van der Waals surface area (Å²) in [6.07, 6.45) is 2.04. The van der Waals surface area contributed by atoms with E-state index in [1.807, 2.05) is 18.2 Å². The van der Waals surface area contributed by atoms with Gasteiger partial charge in [0, 0.05) is 18.3 Å². The Morgan fingerprint density at radius 3 is 2.22 bits per heavy atom. The van der Waals surface area contributed by atoms with Crippen molar-refractivity contribution in [2.24, 2.45) is 0 Å². The Labute approximate surface area is 163 Å². The van der Waals surface area contributed by atoms with Crippen LogP contribution in [0.5, 0.6) is 5.75 Å². The van der Waals surface area contributed by atoms with Crippen LogP contribution in [0.15, 0.2) is 42.5 Å². The maximum absolute atomic E-state index is 11.3. The molecule has 0 aliphatic heterocycles. The van der Waals surface area contributed by atoms with Gasteiger partial charge < -0.3 is 4.74 Å². The molecule has 0 heterocycles. The largest absolute Gasteiger partial charge is 0.491 e. The van der Waals surface area contributed by atoms with Crippen LogP contribution >= 0.6 is 0 Å². The van der Waals surface area contributed by atoms with Gasteiger partial charge in [-0.25, -0.2) is 8.42 Å². The second kappa shape index (κ2) is 9.24. The molecule has 1 N–H and O–H groups in total. The van der Waals surface area contributed by atoms with Crippen molar-refractivity contribution in [3.63, 3.8) is 0 Å². The van der Waals surface area contributed by atoms with E-state index >= 15 is 0 Å². The van der Waals surface area contributed by atoms with Crippen molar-refractivity contribution < 1.29 is 13.2 Å². The topological polar surface area (TPSA) is 58.6 Å². The highest BCUT2D eigenvalue weighted by Gasteiger charge is 2.12. The van der Waals surface area contributed by atoms with Crippen LogP contribution < -0.4 is 9.46 Å². The third kappa shape index (κ3) is 6.88. The number of anilines is 1. The molecule has 0 aliphatic carbocycles.